The van der Waals surface area contributed by atoms with E-state index in [-0.39, 0.29) is 11.7 Å². The minimum atomic E-state index is -0.974. The number of rotatable bonds is 4. The van der Waals surface area contributed by atoms with Crippen LogP contribution in [0, 0.1) is 0 Å². The average Bonchev–Trinajstić information content (AvgIpc) is 2.86. The second-order valence-corrected chi connectivity index (χ2v) is 4.07. The Labute approximate surface area is 98.5 Å². The van der Waals surface area contributed by atoms with Crippen molar-refractivity contribution < 1.29 is 9.90 Å². The van der Waals surface area contributed by atoms with E-state index in [0.29, 0.717) is 6.54 Å². The number of carboxylic acid groups (broad SMARTS) is 1. The van der Waals surface area contributed by atoms with E-state index in [9.17, 15) is 4.79 Å². The zero-order valence-corrected chi connectivity index (χ0v) is 9.74. The van der Waals surface area contributed by atoms with Crippen molar-refractivity contribution in [1.82, 2.24) is 19.3 Å². The molecule has 6 nitrogen and oxygen atoms in total. The maximum absolute atomic E-state index is 10.9. The first kappa shape index (κ1) is 11.4. The Balaban J connectivity index is 2.29. The highest BCUT2D eigenvalue weighted by Crippen LogP contribution is 2.11. The number of aromatic nitrogens is 4. The summed E-state index contributed by atoms with van der Waals surface area (Å²) in [4.78, 5) is 15.0. The van der Waals surface area contributed by atoms with Gasteiger partial charge in [-0.15, -0.1) is 0 Å². The van der Waals surface area contributed by atoms with Crippen LogP contribution in [0.4, 0.5) is 0 Å². The Bertz CT molecular complexity index is 527. The van der Waals surface area contributed by atoms with Crippen LogP contribution < -0.4 is 0 Å². The van der Waals surface area contributed by atoms with E-state index < -0.39 is 5.97 Å². The quantitative estimate of drug-likeness (QED) is 0.868. The molecule has 2 rings (SSSR count). The molecule has 0 unspecified atom stereocenters. The molecule has 0 fully saturated rings. The molecule has 0 aliphatic carbocycles. The monoisotopic (exact) mass is 234 g/mol. The fraction of sp³-hybridized carbons (Fsp3) is 0.364. The second kappa shape index (κ2) is 4.40. The van der Waals surface area contributed by atoms with Crippen LogP contribution in [0.2, 0.25) is 0 Å². The molecule has 0 saturated heterocycles. The third-order valence-electron chi connectivity index (χ3n) is 2.55. The third-order valence-corrected chi connectivity index (χ3v) is 2.55. The third kappa shape index (κ3) is 2.20. The lowest BCUT2D eigenvalue weighted by Crippen LogP contribution is -2.14. The normalized spacial score (nSPS) is 11.0. The number of imidazole rings is 1. The van der Waals surface area contributed by atoms with E-state index in [2.05, 4.69) is 10.1 Å². The van der Waals surface area contributed by atoms with Crippen molar-refractivity contribution in [3.63, 3.8) is 0 Å². The minimum Gasteiger partial charge on any atom is -0.477 e. The van der Waals surface area contributed by atoms with Gasteiger partial charge in [0, 0.05) is 12.2 Å². The van der Waals surface area contributed by atoms with Crippen molar-refractivity contribution in [2.24, 2.45) is 0 Å². The van der Waals surface area contributed by atoms with Gasteiger partial charge in [0.05, 0.1) is 24.8 Å². The van der Waals surface area contributed by atoms with Crippen LogP contribution in [0.25, 0.3) is 0 Å². The minimum absolute atomic E-state index is 0.182. The average molecular weight is 234 g/mol. The highest BCUT2D eigenvalue weighted by atomic mass is 16.4. The zero-order chi connectivity index (χ0) is 12.4. The van der Waals surface area contributed by atoms with Gasteiger partial charge in [0.1, 0.15) is 5.69 Å². The topological polar surface area (TPSA) is 72.9 Å². The van der Waals surface area contributed by atoms with Gasteiger partial charge in [-0.25, -0.2) is 9.78 Å². The van der Waals surface area contributed by atoms with E-state index in [1.54, 1.807) is 12.5 Å². The van der Waals surface area contributed by atoms with Gasteiger partial charge in [0.25, 0.3) is 0 Å². The van der Waals surface area contributed by atoms with Crippen LogP contribution >= 0.6 is 0 Å². The second-order valence-electron chi connectivity index (χ2n) is 4.07. The van der Waals surface area contributed by atoms with Gasteiger partial charge in [-0.1, -0.05) is 0 Å². The molecular weight excluding hydrogens is 220 g/mol. The molecule has 6 heteroatoms. The first-order valence-corrected chi connectivity index (χ1v) is 5.35. The summed E-state index contributed by atoms with van der Waals surface area (Å²) < 4.78 is 3.45. The summed E-state index contributed by atoms with van der Waals surface area (Å²) in [6, 6.07) is 1.77. The van der Waals surface area contributed by atoms with Gasteiger partial charge in [0.15, 0.2) is 0 Å². The SMILES string of the molecule is CC(C)n1cncc1Cn1nccc1C(=O)O. The number of hydrogen-bond acceptors (Lipinski definition) is 3. The first-order chi connectivity index (χ1) is 8.09. The number of hydrogen-bond donors (Lipinski definition) is 1. The van der Waals surface area contributed by atoms with Crippen LogP contribution in [0.5, 0.6) is 0 Å². The van der Waals surface area contributed by atoms with Gasteiger partial charge in [-0.3, -0.25) is 4.68 Å². The Morgan fingerprint density at radius 2 is 2.29 bits per heavy atom. The molecule has 0 bridgehead atoms. The van der Waals surface area contributed by atoms with Crippen molar-refractivity contribution in [1.29, 1.82) is 0 Å². The number of nitrogens with zero attached hydrogens (tertiary/aromatic N) is 4. The first-order valence-electron chi connectivity index (χ1n) is 5.35. The maximum Gasteiger partial charge on any atom is 0.354 e. The van der Waals surface area contributed by atoms with E-state index >= 15 is 0 Å². The predicted molar refractivity (Wildman–Crippen MR) is 60.9 cm³/mol. The molecule has 17 heavy (non-hydrogen) atoms. The molecular formula is C11H14N4O2. The largest absolute Gasteiger partial charge is 0.477 e. The summed E-state index contributed by atoms with van der Waals surface area (Å²) in [6.07, 6.45) is 4.96. The van der Waals surface area contributed by atoms with Crippen molar-refractivity contribution in [3.8, 4) is 0 Å². The summed E-state index contributed by atoms with van der Waals surface area (Å²) in [5.41, 5.74) is 1.12. The number of carboxylic acids is 1. The predicted octanol–water partition coefficient (Wildman–Crippen LogP) is 1.41. The zero-order valence-electron chi connectivity index (χ0n) is 9.74. The Kier molecular flexibility index (Phi) is 2.95. The smallest absolute Gasteiger partial charge is 0.354 e. The van der Waals surface area contributed by atoms with Crippen molar-refractivity contribution >= 4 is 5.97 Å². The molecule has 2 heterocycles. The summed E-state index contributed by atoms with van der Waals surface area (Å²) in [7, 11) is 0. The molecule has 2 aromatic rings. The lowest BCUT2D eigenvalue weighted by molar-refractivity contribution is 0.0684. The van der Waals surface area contributed by atoms with Crippen molar-refractivity contribution in [2.75, 3.05) is 0 Å². The fourth-order valence-corrected chi connectivity index (χ4v) is 1.71. The Morgan fingerprint density at radius 1 is 1.53 bits per heavy atom. The Hall–Kier alpha value is -2.11. The van der Waals surface area contributed by atoms with E-state index in [0.717, 1.165) is 5.69 Å². The molecule has 0 aliphatic rings. The number of aromatic carboxylic acids is 1. The lowest BCUT2D eigenvalue weighted by Gasteiger charge is -2.12. The Morgan fingerprint density at radius 3 is 2.94 bits per heavy atom. The van der Waals surface area contributed by atoms with Crippen LogP contribution in [-0.4, -0.2) is 30.4 Å². The van der Waals surface area contributed by atoms with Crippen LogP contribution in [0.3, 0.4) is 0 Å². The van der Waals surface area contributed by atoms with Crippen LogP contribution in [0.15, 0.2) is 24.8 Å². The standard InChI is InChI=1S/C11H14N4O2/c1-8(2)14-7-12-5-9(14)6-15-10(11(16)17)3-4-13-15/h3-5,7-8H,6H2,1-2H3,(H,16,17). The molecule has 2 aromatic heterocycles. The molecule has 0 amide bonds. The summed E-state index contributed by atoms with van der Waals surface area (Å²) in [5.74, 6) is -0.974. The van der Waals surface area contributed by atoms with Crippen LogP contribution in [-0.2, 0) is 6.54 Å². The fourth-order valence-electron chi connectivity index (χ4n) is 1.71. The maximum atomic E-state index is 10.9. The van der Waals surface area contributed by atoms with Gasteiger partial charge in [0.2, 0.25) is 0 Å². The van der Waals surface area contributed by atoms with E-state index in [4.69, 9.17) is 5.11 Å². The molecule has 0 aromatic carbocycles. The molecule has 0 saturated carbocycles. The molecule has 0 radical (unpaired) electrons. The summed E-state index contributed by atoms with van der Waals surface area (Å²) in [6.45, 7) is 4.51. The summed E-state index contributed by atoms with van der Waals surface area (Å²) >= 11 is 0. The van der Waals surface area contributed by atoms with E-state index in [1.165, 1.54) is 16.9 Å². The molecule has 0 atom stereocenters. The number of carbonyl (C=O) groups is 1. The highest BCUT2D eigenvalue weighted by molar-refractivity contribution is 5.85. The van der Waals surface area contributed by atoms with Crippen molar-refractivity contribution in [3.05, 3.63) is 36.2 Å². The lowest BCUT2D eigenvalue weighted by atomic mass is 10.3. The molecule has 0 aliphatic heterocycles. The van der Waals surface area contributed by atoms with Gasteiger partial charge < -0.3 is 9.67 Å². The van der Waals surface area contributed by atoms with Gasteiger partial charge in [-0.05, 0) is 19.9 Å². The van der Waals surface area contributed by atoms with Gasteiger partial charge in [-0.2, -0.15) is 5.10 Å². The molecule has 0 spiro atoms. The van der Waals surface area contributed by atoms with Crippen LogP contribution in [0.1, 0.15) is 36.1 Å². The molecule has 1 N–H and O–H groups in total. The highest BCUT2D eigenvalue weighted by Gasteiger charge is 2.12. The summed E-state index contributed by atoms with van der Waals surface area (Å²) in [5, 5.41) is 13.0. The van der Waals surface area contributed by atoms with Gasteiger partial charge >= 0.3 is 5.97 Å². The van der Waals surface area contributed by atoms with E-state index in [1.807, 2.05) is 18.4 Å². The van der Waals surface area contributed by atoms with Crippen molar-refractivity contribution in [2.45, 2.75) is 26.4 Å². The molecule has 90 valence electrons.